The molecule has 29 heavy (non-hydrogen) atoms. The summed E-state index contributed by atoms with van der Waals surface area (Å²) in [5, 5.41) is 0. The van der Waals surface area contributed by atoms with Gasteiger partial charge in [0.25, 0.3) is 0 Å². The maximum absolute atomic E-state index is 14.0. The molecule has 3 heterocycles. The molecule has 0 aliphatic carbocycles. The molecule has 0 spiro atoms. The Bertz CT molecular complexity index is 977. The molecule has 1 aliphatic rings. The number of hydrogen-bond acceptors (Lipinski definition) is 3. The maximum Gasteiger partial charge on any atom is 0.227 e. The van der Waals surface area contributed by atoms with Crippen LogP contribution in [0.1, 0.15) is 41.3 Å². The van der Waals surface area contributed by atoms with Gasteiger partial charge in [-0.05, 0) is 48.2 Å². The van der Waals surface area contributed by atoms with Crippen molar-refractivity contribution >= 4 is 5.91 Å². The van der Waals surface area contributed by atoms with Crippen molar-refractivity contribution < 1.29 is 9.18 Å². The van der Waals surface area contributed by atoms with E-state index in [1.807, 2.05) is 41.3 Å². The molecule has 148 valence electrons. The first-order chi connectivity index (χ1) is 14.2. The summed E-state index contributed by atoms with van der Waals surface area (Å²) in [5.41, 5.74) is 3.42. The van der Waals surface area contributed by atoms with Crippen molar-refractivity contribution in [3.8, 4) is 0 Å². The Morgan fingerprint density at radius 2 is 2.00 bits per heavy atom. The summed E-state index contributed by atoms with van der Waals surface area (Å²) in [6.07, 6.45) is 6.27. The van der Waals surface area contributed by atoms with Crippen LogP contribution in [0.4, 0.5) is 4.39 Å². The zero-order valence-corrected chi connectivity index (χ0v) is 16.3. The van der Waals surface area contributed by atoms with Gasteiger partial charge < -0.3 is 4.90 Å². The molecule has 0 radical (unpaired) electrons. The molecule has 1 saturated heterocycles. The zero-order chi connectivity index (χ0) is 20.1. The number of carbonyl (C=O) groups excluding carboxylic acids is 1. The van der Waals surface area contributed by atoms with Crippen LogP contribution in [0.2, 0.25) is 0 Å². The van der Waals surface area contributed by atoms with E-state index in [0.717, 1.165) is 36.3 Å². The number of halogens is 1. The number of hydrogen-bond donors (Lipinski definition) is 0. The number of nitrogens with zero attached hydrogens (tertiary/aromatic N) is 3. The fraction of sp³-hybridized carbons (Fsp3) is 0.292. The highest BCUT2D eigenvalue weighted by Crippen LogP contribution is 2.26. The third-order valence-electron chi connectivity index (χ3n) is 5.43. The van der Waals surface area contributed by atoms with Gasteiger partial charge in [0.05, 0.1) is 6.42 Å². The summed E-state index contributed by atoms with van der Waals surface area (Å²) < 4.78 is 14.0. The van der Waals surface area contributed by atoms with Gasteiger partial charge in [0.15, 0.2) is 0 Å². The minimum absolute atomic E-state index is 0.130. The summed E-state index contributed by atoms with van der Waals surface area (Å²) in [6, 6.07) is 16.5. The molecule has 1 aliphatic heterocycles. The fourth-order valence-corrected chi connectivity index (χ4v) is 3.90. The van der Waals surface area contributed by atoms with E-state index < -0.39 is 0 Å². The van der Waals surface area contributed by atoms with Gasteiger partial charge in [-0.2, -0.15) is 0 Å². The Morgan fingerprint density at radius 1 is 1.10 bits per heavy atom. The van der Waals surface area contributed by atoms with Gasteiger partial charge in [0, 0.05) is 49.2 Å². The molecule has 3 aromatic rings. The van der Waals surface area contributed by atoms with E-state index in [2.05, 4.69) is 4.98 Å². The van der Waals surface area contributed by atoms with Crippen LogP contribution in [-0.4, -0.2) is 33.9 Å². The molecule has 1 fully saturated rings. The minimum Gasteiger partial charge on any atom is -0.342 e. The zero-order valence-electron chi connectivity index (χ0n) is 16.3. The molecular weight excluding hydrogens is 365 g/mol. The summed E-state index contributed by atoms with van der Waals surface area (Å²) in [7, 11) is 0. The standard InChI is InChI=1S/C24H24FN3O/c25-22-10-2-1-7-19(22)15-21-9-3-11-23(27-21)20-8-5-13-28(17-20)24(29)14-18-6-4-12-26-16-18/h1-4,6-7,9-12,16,20H,5,8,13-15,17H2/t20-/m0/s1. The van der Waals surface area contributed by atoms with E-state index in [9.17, 15) is 9.18 Å². The number of pyridine rings is 2. The lowest BCUT2D eigenvalue weighted by Gasteiger charge is -2.32. The third-order valence-corrected chi connectivity index (χ3v) is 5.43. The predicted octanol–water partition coefficient (Wildman–Crippen LogP) is 4.16. The molecular formula is C24H24FN3O. The molecule has 4 rings (SSSR count). The van der Waals surface area contributed by atoms with Crippen molar-refractivity contribution in [2.75, 3.05) is 13.1 Å². The summed E-state index contributed by atoms with van der Waals surface area (Å²) in [6.45, 7) is 1.46. The van der Waals surface area contributed by atoms with Crippen molar-refractivity contribution in [2.45, 2.75) is 31.6 Å². The number of benzene rings is 1. The predicted molar refractivity (Wildman–Crippen MR) is 110 cm³/mol. The van der Waals surface area contributed by atoms with E-state index in [-0.39, 0.29) is 17.6 Å². The number of aromatic nitrogens is 2. The summed E-state index contributed by atoms with van der Waals surface area (Å²) in [4.78, 5) is 23.5. The lowest BCUT2D eigenvalue weighted by Crippen LogP contribution is -2.40. The second-order valence-electron chi connectivity index (χ2n) is 7.54. The van der Waals surface area contributed by atoms with Crippen LogP contribution in [0.15, 0.2) is 67.0 Å². The van der Waals surface area contributed by atoms with Crippen LogP contribution >= 0.6 is 0 Å². The highest BCUT2D eigenvalue weighted by molar-refractivity contribution is 5.78. The number of amides is 1. The number of piperidine rings is 1. The van der Waals surface area contributed by atoms with Crippen LogP contribution in [0, 0.1) is 5.82 Å². The molecule has 0 bridgehead atoms. The number of likely N-dealkylation sites (tertiary alicyclic amines) is 1. The van der Waals surface area contributed by atoms with E-state index in [1.165, 1.54) is 6.07 Å². The van der Waals surface area contributed by atoms with Gasteiger partial charge in [-0.25, -0.2) is 4.39 Å². The van der Waals surface area contributed by atoms with Gasteiger partial charge in [-0.15, -0.1) is 0 Å². The molecule has 1 aromatic carbocycles. The Kier molecular flexibility index (Phi) is 5.94. The maximum atomic E-state index is 14.0. The van der Waals surface area contributed by atoms with E-state index in [4.69, 9.17) is 4.98 Å². The Balaban J connectivity index is 1.44. The SMILES string of the molecule is O=C(Cc1cccnc1)N1CCC[C@H](c2cccc(Cc3ccccc3F)n2)C1. The molecule has 2 aromatic heterocycles. The van der Waals surface area contributed by atoms with Crippen molar-refractivity contribution in [2.24, 2.45) is 0 Å². The molecule has 4 nitrogen and oxygen atoms in total. The quantitative estimate of drug-likeness (QED) is 0.658. The molecule has 0 unspecified atom stereocenters. The smallest absolute Gasteiger partial charge is 0.227 e. The van der Waals surface area contributed by atoms with Crippen molar-refractivity contribution in [1.29, 1.82) is 0 Å². The highest BCUT2D eigenvalue weighted by atomic mass is 19.1. The Hall–Kier alpha value is -3.08. The third kappa shape index (κ3) is 4.86. The Labute approximate surface area is 170 Å². The molecule has 1 amide bonds. The molecule has 0 saturated carbocycles. The molecule has 0 N–H and O–H groups in total. The van der Waals surface area contributed by atoms with Crippen molar-refractivity contribution in [1.82, 2.24) is 14.9 Å². The largest absolute Gasteiger partial charge is 0.342 e. The highest BCUT2D eigenvalue weighted by Gasteiger charge is 2.25. The first kappa shape index (κ1) is 19.2. The average Bonchev–Trinajstić information content (AvgIpc) is 2.76. The first-order valence-electron chi connectivity index (χ1n) is 10.0. The fourth-order valence-electron chi connectivity index (χ4n) is 3.90. The number of carbonyl (C=O) groups is 1. The lowest BCUT2D eigenvalue weighted by molar-refractivity contribution is -0.131. The van der Waals surface area contributed by atoms with Gasteiger partial charge in [-0.1, -0.05) is 30.3 Å². The van der Waals surface area contributed by atoms with Crippen LogP contribution in [0.25, 0.3) is 0 Å². The van der Waals surface area contributed by atoms with E-state index >= 15 is 0 Å². The average molecular weight is 389 g/mol. The molecule has 1 atom stereocenters. The van der Waals surface area contributed by atoms with Gasteiger partial charge in [0.1, 0.15) is 5.82 Å². The van der Waals surface area contributed by atoms with Crippen LogP contribution < -0.4 is 0 Å². The van der Waals surface area contributed by atoms with Crippen molar-refractivity contribution in [3.63, 3.8) is 0 Å². The van der Waals surface area contributed by atoms with Crippen LogP contribution in [0.5, 0.6) is 0 Å². The van der Waals surface area contributed by atoms with Gasteiger partial charge in [0.2, 0.25) is 5.91 Å². The topological polar surface area (TPSA) is 46.1 Å². The van der Waals surface area contributed by atoms with Gasteiger partial charge >= 0.3 is 0 Å². The minimum atomic E-state index is -0.204. The second-order valence-corrected chi connectivity index (χ2v) is 7.54. The van der Waals surface area contributed by atoms with Crippen LogP contribution in [0.3, 0.4) is 0 Å². The molecule has 5 heteroatoms. The lowest BCUT2D eigenvalue weighted by atomic mass is 9.93. The first-order valence-corrected chi connectivity index (χ1v) is 10.0. The van der Waals surface area contributed by atoms with Gasteiger partial charge in [-0.3, -0.25) is 14.8 Å². The van der Waals surface area contributed by atoms with Crippen LogP contribution in [-0.2, 0) is 17.6 Å². The monoisotopic (exact) mass is 389 g/mol. The second kappa shape index (κ2) is 8.95. The summed E-state index contributed by atoms with van der Waals surface area (Å²) in [5.74, 6) is 0.136. The van der Waals surface area contributed by atoms with Crippen molar-refractivity contribution in [3.05, 3.63) is 95.3 Å². The number of rotatable bonds is 5. The van der Waals surface area contributed by atoms with E-state index in [1.54, 1.807) is 24.5 Å². The van der Waals surface area contributed by atoms with E-state index in [0.29, 0.717) is 24.9 Å². The Morgan fingerprint density at radius 3 is 2.83 bits per heavy atom. The normalized spacial score (nSPS) is 16.6. The summed E-state index contributed by atoms with van der Waals surface area (Å²) >= 11 is 0.